The Hall–Kier alpha value is -1.84. The molecule has 84 valence electrons. The summed E-state index contributed by atoms with van der Waals surface area (Å²) in [6.07, 6.45) is 0. The number of hydrogen-bond acceptors (Lipinski definition) is 3. The summed E-state index contributed by atoms with van der Waals surface area (Å²) in [5.74, 6) is 0.759. The van der Waals surface area contributed by atoms with E-state index in [1.54, 1.807) is 6.07 Å². The van der Waals surface area contributed by atoms with Gasteiger partial charge < -0.3 is 10.3 Å². The number of nitrogens with two attached hydrogens (primary N) is 1. The summed E-state index contributed by atoms with van der Waals surface area (Å²) >= 11 is 0. The summed E-state index contributed by atoms with van der Waals surface area (Å²) in [7, 11) is 0. The fraction of sp³-hybridized carbons (Fsp3) is 0.250. The SMILES string of the molecule is CC(C)c1cc(F)cc(-c2cc(N)no2)c1. The number of halogens is 1. The van der Waals surface area contributed by atoms with Crippen molar-refractivity contribution in [2.45, 2.75) is 19.8 Å². The predicted octanol–water partition coefficient (Wildman–Crippen LogP) is 3.19. The molecule has 0 aliphatic carbocycles. The Morgan fingerprint density at radius 3 is 2.56 bits per heavy atom. The molecule has 0 unspecified atom stereocenters. The standard InChI is InChI=1S/C12H13FN2O/c1-7(2)8-3-9(5-10(13)4-8)11-6-12(14)15-16-11/h3-7H,1-2H3,(H2,14,15). The van der Waals surface area contributed by atoms with Crippen molar-refractivity contribution >= 4 is 5.82 Å². The van der Waals surface area contributed by atoms with Gasteiger partial charge >= 0.3 is 0 Å². The first kappa shape index (κ1) is 10.7. The van der Waals surface area contributed by atoms with Crippen LogP contribution in [0.2, 0.25) is 0 Å². The lowest BCUT2D eigenvalue weighted by atomic mass is 10.00. The van der Waals surface area contributed by atoms with Crippen molar-refractivity contribution in [2.75, 3.05) is 5.73 Å². The molecule has 0 aliphatic rings. The highest BCUT2D eigenvalue weighted by atomic mass is 19.1. The van der Waals surface area contributed by atoms with Gasteiger partial charge in [-0.3, -0.25) is 0 Å². The van der Waals surface area contributed by atoms with E-state index in [9.17, 15) is 4.39 Å². The smallest absolute Gasteiger partial charge is 0.169 e. The quantitative estimate of drug-likeness (QED) is 0.845. The molecule has 0 radical (unpaired) electrons. The maximum atomic E-state index is 13.4. The van der Waals surface area contributed by atoms with Gasteiger partial charge in [0.2, 0.25) is 0 Å². The van der Waals surface area contributed by atoms with Crippen molar-refractivity contribution in [1.29, 1.82) is 0 Å². The van der Waals surface area contributed by atoms with E-state index < -0.39 is 0 Å². The van der Waals surface area contributed by atoms with Gasteiger partial charge in [-0.25, -0.2) is 4.39 Å². The molecule has 3 nitrogen and oxygen atoms in total. The molecule has 16 heavy (non-hydrogen) atoms. The minimum Gasteiger partial charge on any atom is -0.381 e. The maximum absolute atomic E-state index is 13.4. The van der Waals surface area contributed by atoms with Gasteiger partial charge in [0.15, 0.2) is 11.6 Å². The topological polar surface area (TPSA) is 52.0 Å². The molecule has 4 heteroatoms. The third-order valence-corrected chi connectivity index (χ3v) is 2.40. The van der Waals surface area contributed by atoms with E-state index in [0.717, 1.165) is 5.56 Å². The van der Waals surface area contributed by atoms with Crippen LogP contribution in [-0.4, -0.2) is 5.16 Å². The number of nitrogen functional groups attached to an aromatic ring is 1. The number of rotatable bonds is 2. The van der Waals surface area contributed by atoms with Crippen molar-refractivity contribution in [3.05, 3.63) is 35.6 Å². The average Bonchev–Trinajstić information content (AvgIpc) is 2.64. The molecule has 0 atom stereocenters. The molecule has 2 N–H and O–H groups in total. The van der Waals surface area contributed by atoms with Crippen LogP contribution in [-0.2, 0) is 0 Å². The van der Waals surface area contributed by atoms with Gasteiger partial charge in [0.1, 0.15) is 5.82 Å². The second-order valence-corrected chi connectivity index (χ2v) is 4.04. The zero-order valence-corrected chi connectivity index (χ0v) is 9.20. The number of aromatic nitrogens is 1. The Balaban J connectivity index is 2.49. The first-order chi connectivity index (χ1) is 7.56. The lowest BCUT2D eigenvalue weighted by Crippen LogP contribution is -1.90. The predicted molar refractivity (Wildman–Crippen MR) is 60.4 cm³/mol. The van der Waals surface area contributed by atoms with Crippen molar-refractivity contribution < 1.29 is 8.91 Å². The van der Waals surface area contributed by atoms with Crippen LogP contribution in [0, 0.1) is 5.82 Å². The summed E-state index contributed by atoms with van der Waals surface area (Å²) in [4.78, 5) is 0. The second kappa shape index (κ2) is 3.96. The minimum atomic E-state index is -0.281. The van der Waals surface area contributed by atoms with Gasteiger partial charge in [0.05, 0.1) is 0 Å². The molecule has 0 fully saturated rings. The lowest BCUT2D eigenvalue weighted by molar-refractivity contribution is 0.435. The molecule has 1 heterocycles. The molecule has 0 spiro atoms. The van der Waals surface area contributed by atoms with E-state index in [0.29, 0.717) is 17.1 Å². The molecular weight excluding hydrogens is 207 g/mol. The Bertz CT molecular complexity index is 505. The fourth-order valence-corrected chi connectivity index (χ4v) is 1.51. The molecule has 1 aromatic carbocycles. The van der Waals surface area contributed by atoms with Crippen LogP contribution in [0.25, 0.3) is 11.3 Å². The fourth-order valence-electron chi connectivity index (χ4n) is 1.51. The highest BCUT2D eigenvalue weighted by Gasteiger charge is 2.09. The van der Waals surface area contributed by atoms with Crippen LogP contribution >= 0.6 is 0 Å². The van der Waals surface area contributed by atoms with Gasteiger partial charge in [0, 0.05) is 11.6 Å². The van der Waals surface area contributed by atoms with Gasteiger partial charge in [-0.15, -0.1) is 0 Å². The molecule has 2 aromatic rings. The van der Waals surface area contributed by atoms with E-state index in [2.05, 4.69) is 5.16 Å². The van der Waals surface area contributed by atoms with E-state index in [4.69, 9.17) is 10.3 Å². The summed E-state index contributed by atoms with van der Waals surface area (Å²) in [5.41, 5.74) is 7.03. The summed E-state index contributed by atoms with van der Waals surface area (Å²) < 4.78 is 18.4. The average molecular weight is 220 g/mol. The van der Waals surface area contributed by atoms with Crippen LogP contribution in [0.3, 0.4) is 0 Å². The number of nitrogens with zero attached hydrogens (tertiary/aromatic N) is 1. The Morgan fingerprint density at radius 2 is 2.00 bits per heavy atom. The van der Waals surface area contributed by atoms with Crippen molar-refractivity contribution in [2.24, 2.45) is 0 Å². The lowest BCUT2D eigenvalue weighted by Gasteiger charge is -2.06. The van der Waals surface area contributed by atoms with Crippen molar-refractivity contribution in [3.63, 3.8) is 0 Å². The first-order valence-corrected chi connectivity index (χ1v) is 5.09. The molecule has 0 aliphatic heterocycles. The molecule has 0 saturated heterocycles. The molecular formula is C12H13FN2O. The maximum Gasteiger partial charge on any atom is 0.169 e. The molecule has 0 saturated carbocycles. The summed E-state index contributed by atoms with van der Waals surface area (Å²) in [6, 6.07) is 6.40. The van der Waals surface area contributed by atoms with Gasteiger partial charge in [0.25, 0.3) is 0 Å². The molecule has 2 rings (SSSR count). The van der Waals surface area contributed by atoms with Crippen LogP contribution in [0.1, 0.15) is 25.3 Å². The van der Waals surface area contributed by atoms with Gasteiger partial charge in [-0.1, -0.05) is 19.0 Å². The number of hydrogen-bond donors (Lipinski definition) is 1. The highest BCUT2D eigenvalue weighted by Crippen LogP contribution is 2.26. The normalized spacial score (nSPS) is 11.0. The van der Waals surface area contributed by atoms with Crippen LogP contribution in [0.4, 0.5) is 10.2 Å². The Kier molecular flexibility index (Phi) is 2.64. The molecule has 0 bridgehead atoms. The van der Waals surface area contributed by atoms with E-state index in [1.165, 1.54) is 12.1 Å². The zero-order chi connectivity index (χ0) is 11.7. The van der Waals surface area contributed by atoms with Crippen molar-refractivity contribution in [1.82, 2.24) is 5.16 Å². The Morgan fingerprint density at radius 1 is 1.25 bits per heavy atom. The number of anilines is 1. The summed E-state index contributed by atoms with van der Waals surface area (Å²) in [5, 5.41) is 3.58. The van der Waals surface area contributed by atoms with Gasteiger partial charge in [-0.2, -0.15) is 0 Å². The minimum absolute atomic E-state index is 0.259. The zero-order valence-electron chi connectivity index (χ0n) is 9.20. The van der Waals surface area contributed by atoms with Crippen LogP contribution < -0.4 is 5.73 Å². The first-order valence-electron chi connectivity index (χ1n) is 5.09. The molecule has 0 amide bonds. The largest absolute Gasteiger partial charge is 0.381 e. The number of benzene rings is 1. The third-order valence-electron chi connectivity index (χ3n) is 2.40. The second-order valence-electron chi connectivity index (χ2n) is 4.04. The Labute approximate surface area is 93.1 Å². The van der Waals surface area contributed by atoms with Crippen LogP contribution in [0.5, 0.6) is 0 Å². The highest BCUT2D eigenvalue weighted by molar-refractivity contribution is 5.61. The van der Waals surface area contributed by atoms with Crippen molar-refractivity contribution in [3.8, 4) is 11.3 Å². The monoisotopic (exact) mass is 220 g/mol. The molecule has 1 aromatic heterocycles. The van der Waals surface area contributed by atoms with E-state index >= 15 is 0 Å². The third kappa shape index (κ3) is 2.05. The van der Waals surface area contributed by atoms with E-state index in [-0.39, 0.29) is 11.7 Å². The van der Waals surface area contributed by atoms with E-state index in [1.807, 2.05) is 19.9 Å². The van der Waals surface area contributed by atoms with Crippen LogP contribution in [0.15, 0.2) is 28.8 Å². The summed E-state index contributed by atoms with van der Waals surface area (Å²) in [6.45, 7) is 4.01. The van der Waals surface area contributed by atoms with Gasteiger partial charge in [-0.05, 0) is 29.7 Å².